The smallest absolute Gasteiger partial charge is 0.0763 e. The molecule has 2 aromatic heterocycles. The molecule has 0 spiro atoms. The Morgan fingerprint density at radius 2 is 2.05 bits per heavy atom. The van der Waals surface area contributed by atoms with Crippen molar-refractivity contribution in [2.24, 2.45) is 7.05 Å². The van der Waals surface area contributed by atoms with E-state index in [4.69, 9.17) is 0 Å². The predicted octanol–water partition coefficient (Wildman–Crippen LogP) is 2.98. The van der Waals surface area contributed by atoms with E-state index in [-0.39, 0.29) is 6.04 Å². The number of nitrogens with zero attached hydrogens (tertiary/aromatic N) is 3. The van der Waals surface area contributed by atoms with Crippen LogP contribution in [0.4, 0.5) is 0 Å². The third-order valence-electron chi connectivity index (χ3n) is 3.69. The van der Waals surface area contributed by atoms with Crippen molar-refractivity contribution in [3.8, 4) is 0 Å². The van der Waals surface area contributed by atoms with E-state index in [1.54, 1.807) is 0 Å². The lowest BCUT2D eigenvalue weighted by Gasteiger charge is -2.18. The lowest BCUT2D eigenvalue weighted by molar-refractivity contribution is 0.571. The maximum absolute atomic E-state index is 4.58. The molecule has 0 aliphatic carbocycles. The standard InChI is InChI=1S/C17H20N4/c1-4-18-17(16-9-12(2)20-21(16)3)14-10-13-7-5-6-8-15(13)19-11-14/h5-11,17-18H,4H2,1-3H3. The number of fused-ring (bicyclic) bond motifs is 1. The molecule has 1 atom stereocenters. The number of hydrogen-bond donors (Lipinski definition) is 1. The third-order valence-corrected chi connectivity index (χ3v) is 3.69. The van der Waals surface area contributed by atoms with Crippen LogP contribution >= 0.6 is 0 Å². The number of benzene rings is 1. The van der Waals surface area contributed by atoms with Gasteiger partial charge in [-0.25, -0.2) is 0 Å². The zero-order valence-corrected chi connectivity index (χ0v) is 12.7. The van der Waals surface area contributed by atoms with Crippen molar-refractivity contribution in [1.82, 2.24) is 20.1 Å². The highest BCUT2D eigenvalue weighted by molar-refractivity contribution is 5.78. The van der Waals surface area contributed by atoms with Gasteiger partial charge in [-0.2, -0.15) is 5.10 Å². The van der Waals surface area contributed by atoms with Crippen molar-refractivity contribution < 1.29 is 0 Å². The monoisotopic (exact) mass is 280 g/mol. The summed E-state index contributed by atoms with van der Waals surface area (Å²) < 4.78 is 1.94. The fraction of sp³-hybridized carbons (Fsp3) is 0.294. The number of aryl methyl sites for hydroxylation is 2. The Labute approximate surface area is 124 Å². The SMILES string of the molecule is CCNC(c1cnc2ccccc2c1)c1cc(C)nn1C. The van der Waals surface area contributed by atoms with E-state index in [1.807, 2.05) is 43.0 Å². The van der Waals surface area contributed by atoms with Crippen molar-refractivity contribution in [2.45, 2.75) is 19.9 Å². The Morgan fingerprint density at radius 3 is 2.76 bits per heavy atom. The van der Waals surface area contributed by atoms with Crippen LogP contribution in [0.2, 0.25) is 0 Å². The van der Waals surface area contributed by atoms with Gasteiger partial charge in [-0.1, -0.05) is 25.1 Å². The molecule has 0 aliphatic rings. The molecule has 0 saturated heterocycles. The van der Waals surface area contributed by atoms with Gasteiger partial charge in [0.25, 0.3) is 0 Å². The molecule has 0 aliphatic heterocycles. The fourth-order valence-electron chi connectivity index (χ4n) is 2.74. The average molecular weight is 280 g/mol. The van der Waals surface area contributed by atoms with Gasteiger partial charge in [0.05, 0.1) is 22.9 Å². The molecule has 3 aromatic rings. The highest BCUT2D eigenvalue weighted by Crippen LogP contribution is 2.24. The van der Waals surface area contributed by atoms with Crippen LogP contribution in [0.1, 0.15) is 29.9 Å². The number of nitrogens with one attached hydrogen (secondary N) is 1. The normalized spacial score (nSPS) is 12.7. The second-order valence-electron chi connectivity index (χ2n) is 5.29. The number of aromatic nitrogens is 3. The molecular weight excluding hydrogens is 260 g/mol. The van der Waals surface area contributed by atoms with Crippen LogP contribution in [0.5, 0.6) is 0 Å². The molecular formula is C17H20N4. The Bertz CT molecular complexity index is 760. The summed E-state index contributed by atoms with van der Waals surface area (Å²) in [5, 5.41) is 9.16. The Hall–Kier alpha value is -2.20. The van der Waals surface area contributed by atoms with E-state index in [2.05, 4.69) is 40.5 Å². The number of pyridine rings is 1. The van der Waals surface area contributed by atoms with E-state index in [0.717, 1.165) is 28.8 Å². The van der Waals surface area contributed by atoms with E-state index >= 15 is 0 Å². The van der Waals surface area contributed by atoms with Crippen LogP contribution in [0.15, 0.2) is 42.6 Å². The fourth-order valence-corrected chi connectivity index (χ4v) is 2.74. The van der Waals surface area contributed by atoms with Gasteiger partial charge in [0.2, 0.25) is 0 Å². The molecule has 0 fully saturated rings. The van der Waals surface area contributed by atoms with Crippen molar-refractivity contribution in [2.75, 3.05) is 6.54 Å². The molecule has 1 aromatic carbocycles. The number of para-hydroxylation sites is 1. The van der Waals surface area contributed by atoms with Crippen molar-refractivity contribution in [1.29, 1.82) is 0 Å². The molecule has 0 amide bonds. The van der Waals surface area contributed by atoms with E-state index in [9.17, 15) is 0 Å². The summed E-state index contributed by atoms with van der Waals surface area (Å²) in [5.41, 5.74) is 4.38. The maximum atomic E-state index is 4.58. The maximum Gasteiger partial charge on any atom is 0.0763 e. The van der Waals surface area contributed by atoms with Gasteiger partial charge < -0.3 is 5.32 Å². The average Bonchev–Trinajstić information content (AvgIpc) is 2.83. The van der Waals surface area contributed by atoms with Crippen LogP contribution in [0.3, 0.4) is 0 Å². The molecule has 3 rings (SSSR count). The molecule has 0 bridgehead atoms. The number of rotatable bonds is 4. The van der Waals surface area contributed by atoms with Crippen molar-refractivity contribution in [3.63, 3.8) is 0 Å². The van der Waals surface area contributed by atoms with Crippen molar-refractivity contribution >= 4 is 10.9 Å². The van der Waals surface area contributed by atoms with E-state index < -0.39 is 0 Å². The lowest BCUT2D eigenvalue weighted by Crippen LogP contribution is -2.24. The van der Waals surface area contributed by atoms with Gasteiger partial charge in [0.1, 0.15) is 0 Å². The predicted molar refractivity (Wildman–Crippen MR) is 85.2 cm³/mol. The minimum atomic E-state index is 0.110. The van der Waals surface area contributed by atoms with E-state index in [0.29, 0.717) is 0 Å². The topological polar surface area (TPSA) is 42.7 Å². The Morgan fingerprint density at radius 1 is 1.24 bits per heavy atom. The highest BCUT2D eigenvalue weighted by atomic mass is 15.3. The molecule has 1 unspecified atom stereocenters. The van der Waals surface area contributed by atoms with Gasteiger partial charge in [0.15, 0.2) is 0 Å². The molecule has 21 heavy (non-hydrogen) atoms. The first-order valence-electron chi connectivity index (χ1n) is 7.27. The molecule has 1 N–H and O–H groups in total. The first-order chi connectivity index (χ1) is 10.2. The molecule has 4 nitrogen and oxygen atoms in total. The molecule has 2 heterocycles. The molecule has 0 saturated carbocycles. The minimum absolute atomic E-state index is 0.110. The van der Waals surface area contributed by atoms with Gasteiger partial charge in [0, 0.05) is 18.6 Å². The summed E-state index contributed by atoms with van der Waals surface area (Å²) >= 11 is 0. The minimum Gasteiger partial charge on any atom is -0.305 e. The van der Waals surface area contributed by atoms with Crippen LogP contribution in [0.25, 0.3) is 10.9 Å². The van der Waals surface area contributed by atoms with Gasteiger partial charge >= 0.3 is 0 Å². The molecule has 4 heteroatoms. The summed E-state index contributed by atoms with van der Waals surface area (Å²) in [7, 11) is 1.99. The van der Waals surface area contributed by atoms with Gasteiger partial charge in [-0.05, 0) is 37.2 Å². The van der Waals surface area contributed by atoms with Crippen molar-refractivity contribution in [3.05, 3.63) is 59.5 Å². The lowest BCUT2D eigenvalue weighted by atomic mass is 10.0. The largest absolute Gasteiger partial charge is 0.305 e. The van der Waals surface area contributed by atoms with Crippen LogP contribution in [-0.4, -0.2) is 21.3 Å². The zero-order valence-electron chi connectivity index (χ0n) is 12.7. The first-order valence-corrected chi connectivity index (χ1v) is 7.27. The van der Waals surface area contributed by atoms with Gasteiger partial charge in [-0.3, -0.25) is 9.67 Å². The highest BCUT2D eigenvalue weighted by Gasteiger charge is 2.18. The van der Waals surface area contributed by atoms with E-state index in [1.165, 1.54) is 5.56 Å². The quantitative estimate of drug-likeness (QED) is 0.799. The summed E-state index contributed by atoms with van der Waals surface area (Å²) in [5.74, 6) is 0. The molecule has 0 radical (unpaired) electrons. The Balaban J connectivity index is 2.08. The summed E-state index contributed by atoms with van der Waals surface area (Å²) in [6, 6.07) is 12.6. The second kappa shape index (κ2) is 5.66. The summed E-state index contributed by atoms with van der Waals surface area (Å²) in [6.07, 6.45) is 1.96. The Kier molecular flexibility index (Phi) is 3.71. The summed E-state index contributed by atoms with van der Waals surface area (Å²) in [4.78, 5) is 4.58. The van der Waals surface area contributed by atoms with Crippen LogP contribution in [-0.2, 0) is 7.05 Å². The second-order valence-corrected chi connectivity index (χ2v) is 5.29. The van der Waals surface area contributed by atoms with Crippen LogP contribution in [0, 0.1) is 6.92 Å². The molecule has 108 valence electrons. The number of hydrogen-bond acceptors (Lipinski definition) is 3. The van der Waals surface area contributed by atoms with Gasteiger partial charge in [-0.15, -0.1) is 0 Å². The first kappa shape index (κ1) is 13.8. The third kappa shape index (κ3) is 2.67. The summed E-state index contributed by atoms with van der Waals surface area (Å²) in [6.45, 7) is 5.03. The zero-order chi connectivity index (χ0) is 14.8. The van der Waals surface area contributed by atoms with Crippen LogP contribution < -0.4 is 5.32 Å².